The van der Waals surface area contributed by atoms with Gasteiger partial charge in [0.2, 0.25) is 0 Å². The standard InChI is InChI=1S/C11H11NO2S/c1-14-10-4-2-3-8(5-10)11-12-9(6-13)7-15-11/h2-5,7,13H,6H2,1H3. The lowest BCUT2D eigenvalue weighted by Crippen LogP contribution is -1.85. The zero-order chi connectivity index (χ0) is 10.7. The molecule has 4 heteroatoms. The van der Waals surface area contributed by atoms with E-state index in [0.29, 0.717) is 5.69 Å². The number of ether oxygens (including phenoxy) is 1. The quantitative estimate of drug-likeness (QED) is 0.864. The Balaban J connectivity index is 2.35. The number of hydrogen-bond donors (Lipinski definition) is 1. The van der Waals surface area contributed by atoms with Crippen LogP contribution in [0.3, 0.4) is 0 Å². The van der Waals surface area contributed by atoms with Crippen molar-refractivity contribution in [3.05, 3.63) is 35.3 Å². The summed E-state index contributed by atoms with van der Waals surface area (Å²) < 4.78 is 5.14. The number of thiazole rings is 1. The van der Waals surface area contributed by atoms with Gasteiger partial charge in [-0.15, -0.1) is 11.3 Å². The molecular weight excluding hydrogens is 210 g/mol. The van der Waals surface area contributed by atoms with Crippen LogP contribution in [-0.2, 0) is 6.61 Å². The summed E-state index contributed by atoms with van der Waals surface area (Å²) in [6, 6.07) is 7.72. The summed E-state index contributed by atoms with van der Waals surface area (Å²) in [5.74, 6) is 0.813. The maximum Gasteiger partial charge on any atom is 0.123 e. The fourth-order valence-electron chi connectivity index (χ4n) is 1.27. The van der Waals surface area contributed by atoms with Crippen LogP contribution in [0.25, 0.3) is 10.6 Å². The summed E-state index contributed by atoms with van der Waals surface area (Å²) >= 11 is 1.52. The van der Waals surface area contributed by atoms with E-state index < -0.39 is 0 Å². The van der Waals surface area contributed by atoms with Gasteiger partial charge >= 0.3 is 0 Å². The second kappa shape index (κ2) is 4.42. The van der Waals surface area contributed by atoms with Gasteiger partial charge in [0.1, 0.15) is 10.8 Å². The van der Waals surface area contributed by atoms with Crippen LogP contribution < -0.4 is 4.74 Å². The minimum Gasteiger partial charge on any atom is -0.497 e. The molecule has 0 aliphatic carbocycles. The van der Waals surface area contributed by atoms with Crippen LogP contribution in [0.4, 0.5) is 0 Å². The first kappa shape index (κ1) is 10.1. The Bertz CT molecular complexity index is 453. The average molecular weight is 221 g/mol. The van der Waals surface area contributed by atoms with Gasteiger partial charge in [0.15, 0.2) is 0 Å². The van der Waals surface area contributed by atoms with Crippen molar-refractivity contribution in [2.75, 3.05) is 7.11 Å². The van der Waals surface area contributed by atoms with E-state index in [2.05, 4.69) is 4.98 Å². The Morgan fingerprint density at radius 2 is 2.33 bits per heavy atom. The predicted octanol–water partition coefficient (Wildman–Crippen LogP) is 2.31. The van der Waals surface area contributed by atoms with Crippen LogP contribution >= 0.6 is 11.3 Å². The Morgan fingerprint density at radius 3 is 3.00 bits per heavy atom. The molecule has 0 bridgehead atoms. The van der Waals surface area contributed by atoms with Crippen LogP contribution in [0.1, 0.15) is 5.69 Å². The highest BCUT2D eigenvalue weighted by Crippen LogP contribution is 2.26. The van der Waals surface area contributed by atoms with E-state index in [4.69, 9.17) is 9.84 Å². The predicted molar refractivity (Wildman–Crippen MR) is 60.0 cm³/mol. The normalized spacial score (nSPS) is 10.3. The van der Waals surface area contributed by atoms with E-state index in [9.17, 15) is 0 Å². The first-order chi connectivity index (χ1) is 7.33. The van der Waals surface area contributed by atoms with Crippen molar-refractivity contribution in [1.82, 2.24) is 4.98 Å². The smallest absolute Gasteiger partial charge is 0.123 e. The number of benzene rings is 1. The maximum absolute atomic E-state index is 8.92. The van der Waals surface area contributed by atoms with E-state index in [1.165, 1.54) is 11.3 Å². The van der Waals surface area contributed by atoms with Crippen molar-refractivity contribution in [1.29, 1.82) is 0 Å². The number of aromatic nitrogens is 1. The Kier molecular flexibility index (Phi) is 2.99. The molecular formula is C11H11NO2S. The van der Waals surface area contributed by atoms with Gasteiger partial charge in [0, 0.05) is 10.9 Å². The van der Waals surface area contributed by atoms with Crippen molar-refractivity contribution < 1.29 is 9.84 Å². The molecule has 0 radical (unpaired) electrons. The molecule has 0 unspecified atom stereocenters. The molecule has 1 aromatic heterocycles. The molecule has 0 atom stereocenters. The van der Waals surface area contributed by atoms with Gasteiger partial charge in [-0.2, -0.15) is 0 Å². The van der Waals surface area contributed by atoms with Crippen LogP contribution in [0, 0.1) is 0 Å². The van der Waals surface area contributed by atoms with Gasteiger partial charge in [0.05, 0.1) is 19.4 Å². The zero-order valence-electron chi connectivity index (χ0n) is 8.30. The van der Waals surface area contributed by atoms with Crippen molar-refractivity contribution >= 4 is 11.3 Å². The lowest BCUT2D eigenvalue weighted by Gasteiger charge is -2.00. The molecule has 0 aliphatic heterocycles. The number of rotatable bonds is 3. The second-order valence-corrected chi connectivity index (χ2v) is 3.89. The molecule has 1 heterocycles. The third-order valence-corrected chi connectivity index (χ3v) is 2.97. The molecule has 1 aromatic carbocycles. The van der Waals surface area contributed by atoms with E-state index in [0.717, 1.165) is 16.3 Å². The first-order valence-electron chi connectivity index (χ1n) is 4.53. The van der Waals surface area contributed by atoms with Crippen LogP contribution in [0.15, 0.2) is 29.6 Å². The first-order valence-corrected chi connectivity index (χ1v) is 5.41. The fourth-order valence-corrected chi connectivity index (χ4v) is 2.08. The number of aliphatic hydroxyl groups is 1. The SMILES string of the molecule is COc1cccc(-c2nc(CO)cs2)c1. The van der Waals surface area contributed by atoms with Gasteiger partial charge in [-0.1, -0.05) is 12.1 Å². The molecule has 0 fully saturated rings. The second-order valence-electron chi connectivity index (χ2n) is 3.03. The van der Waals surface area contributed by atoms with Crippen molar-refractivity contribution in [2.45, 2.75) is 6.61 Å². The molecule has 0 spiro atoms. The highest BCUT2D eigenvalue weighted by Gasteiger charge is 2.04. The summed E-state index contributed by atoms with van der Waals surface area (Å²) in [6.45, 7) is -0.0134. The molecule has 0 saturated heterocycles. The summed E-state index contributed by atoms with van der Waals surface area (Å²) in [7, 11) is 1.64. The van der Waals surface area contributed by atoms with Gasteiger partial charge in [-0.25, -0.2) is 4.98 Å². The molecule has 0 saturated carbocycles. The Hall–Kier alpha value is -1.39. The molecule has 0 amide bonds. The average Bonchev–Trinajstić information content (AvgIpc) is 2.78. The lowest BCUT2D eigenvalue weighted by molar-refractivity contribution is 0.278. The topological polar surface area (TPSA) is 42.4 Å². The summed E-state index contributed by atoms with van der Waals surface area (Å²) in [5.41, 5.74) is 1.72. The number of nitrogens with zero attached hydrogens (tertiary/aromatic N) is 1. The largest absolute Gasteiger partial charge is 0.497 e. The minimum absolute atomic E-state index is 0.0134. The highest BCUT2D eigenvalue weighted by molar-refractivity contribution is 7.13. The monoisotopic (exact) mass is 221 g/mol. The summed E-state index contributed by atoms with van der Waals surface area (Å²) in [5, 5.41) is 11.7. The van der Waals surface area contributed by atoms with Crippen LogP contribution in [0.2, 0.25) is 0 Å². The van der Waals surface area contributed by atoms with Crippen molar-refractivity contribution in [3.63, 3.8) is 0 Å². The molecule has 1 N–H and O–H groups in total. The number of aliphatic hydroxyl groups excluding tert-OH is 1. The van der Waals surface area contributed by atoms with Gasteiger partial charge in [0.25, 0.3) is 0 Å². The van der Waals surface area contributed by atoms with Crippen LogP contribution in [0.5, 0.6) is 5.75 Å². The minimum atomic E-state index is -0.0134. The molecule has 78 valence electrons. The number of hydrogen-bond acceptors (Lipinski definition) is 4. The summed E-state index contributed by atoms with van der Waals surface area (Å²) in [6.07, 6.45) is 0. The molecule has 0 aliphatic rings. The van der Waals surface area contributed by atoms with E-state index in [1.807, 2.05) is 29.6 Å². The molecule has 2 rings (SSSR count). The summed E-state index contributed by atoms with van der Waals surface area (Å²) in [4.78, 5) is 4.29. The van der Waals surface area contributed by atoms with E-state index in [1.54, 1.807) is 7.11 Å². The van der Waals surface area contributed by atoms with Gasteiger partial charge in [-0.3, -0.25) is 0 Å². The highest BCUT2D eigenvalue weighted by atomic mass is 32.1. The number of methoxy groups -OCH3 is 1. The molecule has 2 aromatic rings. The van der Waals surface area contributed by atoms with Gasteiger partial charge in [-0.05, 0) is 12.1 Å². The third-order valence-electron chi connectivity index (χ3n) is 2.03. The van der Waals surface area contributed by atoms with Crippen LogP contribution in [-0.4, -0.2) is 17.2 Å². The Morgan fingerprint density at radius 1 is 1.47 bits per heavy atom. The Labute approximate surface area is 92.0 Å². The van der Waals surface area contributed by atoms with Gasteiger partial charge < -0.3 is 9.84 Å². The van der Waals surface area contributed by atoms with Crippen molar-refractivity contribution in [3.8, 4) is 16.3 Å². The third kappa shape index (κ3) is 2.16. The molecule has 15 heavy (non-hydrogen) atoms. The molecule has 3 nitrogen and oxygen atoms in total. The zero-order valence-corrected chi connectivity index (χ0v) is 9.12. The lowest BCUT2D eigenvalue weighted by atomic mass is 10.2. The van der Waals surface area contributed by atoms with E-state index >= 15 is 0 Å². The van der Waals surface area contributed by atoms with Crippen molar-refractivity contribution in [2.24, 2.45) is 0 Å². The maximum atomic E-state index is 8.92. The fraction of sp³-hybridized carbons (Fsp3) is 0.182. The van der Waals surface area contributed by atoms with E-state index in [-0.39, 0.29) is 6.61 Å².